The third-order valence-electron chi connectivity index (χ3n) is 2.66. The molecule has 0 aromatic heterocycles. The van der Waals surface area contributed by atoms with Gasteiger partial charge >= 0.3 is 5.97 Å². The molecule has 0 aliphatic rings. The number of carbonyl (C=O) groups excluding carboxylic acids is 1. The summed E-state index contributed by atoms with van der Waals surface area (Å²) in [5.74, 6) is -0.344. The molecule has 118 valence electrons. The highest BCUT2D eigenvalue weighted by Gasteiger charge is 2.04. The number of carbonyl (C=O) groups is 1. The number of rotatable bonds is 11. The average Bonchev–Trinajstić information content (AvgIpc) is 2.53. The Morgan fingerprint density at radius 2 is 1.76 bits per heavy atom. The van der Waals surface area contributed by atoms with Crippen molar-refractivity contribution < 1.29 is 23.7 Å². The minimum atomic E-state index is -0.344. The third kappa shape index (κ3) is 7.65. The predicted octanol–water partition coefficient (Wildman–Crippen LogP) is 1.56. The minimum Gasteiger partial charge on any atom is -0.465 e. The molecule has 1 aromatic carbocycles. The molecule has 1 N–H and O–H groups in total. The zero-order chi connectivity index (χ0) is 15.3. The van der Waals surface area contributed by atoms with Gasteiger partial charge in [0.1, 0.15) is 0 Å². The second kappa shape index (κ2) is 11.1. The van der Waals surface area contributed by atoms with Crippen LogP contribution in [0, 0.1) is 0 Å². The molecule has 0 saturated carbocycles. The Bertz CT molecular complexity index is 411. The van der Waals surface area contributed by atoms with Crippen molar-refractivity contribution in [3.63, 3.8) is 0 Å². The standard InChI is InChI=1S/C15H23NO5/c1-18-8-9-21-11-10-20-7-6-16-14-5-3-4-13(12-14)15(17)19-2/h3-5,12,16H,6-11H2,1-2H3. The number of anilines is 1. The molecule has 1 aromatic rings. The van der Waals surface area contributed by atoms with E-state index in [1.165, 1.54) is 7.11 Å². The number of hydrogen-bond acceptors (Lipinski definition) is 6. The van der Waals surface area contributed by atoms with Gasteiger partial charge in [-0.3, -0.25) is 0 Å². The van der Waals surface area contributed by atoms with Gasteiger partial charge in [0.25, 0.3) is 0 Å². The molecular formula is C15H23NO5. The highest BCUT2D eigenvalue weighted by Crippen LogP contribution is 2.11. The Morgan fingerprint density at radius 3 is 2.48 bits per heavy atom. The first-order valence-corrected chi connectivity index (χ1v) is 6.84. The van der Waals surface area contributed by atoms with Gasteiger partial charge in [-0.1, -0.05) is 6.07 Å². The summed E-state index contributed by atoms with van der Waals surface area (Å²) in [4.78, 5) is 11.4. The van der Waals surface area contributed by atoms with Crippen molar-refractivity contribution in [2.24, 2.45) is 0 Å². The SMILES string of the molecule is COCCOCCOCCNc1cccc(C(=O)OC)c1. The first-order valence-electron chi connectivity index (χ1n) is 6.84. The number of benzene rings is 1. The molecule has 0 heterocycles. The Balaban J connectivity index is 2.11. The normalized spacial score (nSPS) is 10.4. The monoisotopic (exact) mass is 297 g/mol. The largest absolute Gasteiger partial charge is 0.465 e. The fourth-order valence-corrected chi connectivity index (χ4v) is 1.61. The lowest BCUT2D eigenvalue weighted by atomic mass is 10.2. The summed E-state index contributed by atoms with van der Waals surface area (Å²) in [6.07, 6.45) is 0. The summed E-state index contributed by atoms with van der Waals surface area (Å²) in [5.41, 5.74) is 1.38. The highest BCUT2D eigenvalue weighted by molar-refractivity contribution is 5.90. The van der Waals surface area contributed by atoms with Gasteiger partial charge in [0, 0.05) is 19.3 Å². The van der Waals surface area contributed by atoms with E-state index < -0.39 is 0 Å². The summed E-state index contributed by atoms with van der Waals surface area (Å²) in [7, 11) is 3.01. The van der Waals surface area contributed by atoms with Gasteiger partial charge in [-0.15, -0.1) is 0 Å². The van der Waals surface area contributed by atoms with Crippen molar-refractivity contribution >= 4 is 11.7 Å². The Kier molecular flexibility index (Phi) is 9.19. The third-order valence-corrected chi connectivity index (χ3v) is 2.66. The van der Waals surface area contributed by atoms with Crippen molar-refractivity contribution in [2.45, 2.75) is 0 Å². The van der Waals surface area contributed by atoms with Gasteiger partial charge in [0.2, 0.25) is 0 Å². The Labute approximate surface area is 125 Å². The van der Waals surface area contributed by atoms with E-state index in [2.05, 4.69) is 10.1 Å². The van der Waals surface area contributed by atoms with Gasteiger partial charge in [0.05, 0.1) is 45.7 Å². The van der Waals surface area contributed by atoms with Crippen LogP contribution in [-0.2, 0) is 18.9 Å². The van der Waals surface area contributed by atoms with Crippen LogP contribution in [0.4, 0.5) is 5.69 Å². The predicted molar refractivity (Wildman–Crippen MR) is 79.8 cm³/mol. The maximum absolute atomic E-state index is 11.4. The molecule has 1 rings (SSSR count). The summed E-state index contributed by atoms with van der Waals surface area (Å²) < 4.78 is 20.2. The van der Waals surface area contributed by atoms with Gasteiger partial charge in [-0.2, -0.15) is 0 Å². The number of methoxy groups -OCH3 is 2. The summed E-state index contributed by atoms with van der Waals surface area (Å²) in [6.45, 7) is 3.50. The molecule has 6 nitrogen and oxygen atoms in total. The van der Waals surface area contributed by atoms with E-state index in [-0.39, 0.29) is 5.97 Å². The van der Waals surface area contributed by atoms with Crippen LogP contribution in [-0.4, -0.2) is 59.8 Å². The molecule has 0 saturated heterocycles. The van der Waals surface area contributed by atoms with Crippen molar-refractivity contribution in [1.29, 1.82) is 0 Å². The van der Waals surface area contributed by atoms with Gasteiger partial charge in [-0.25, -0.2) is 4.79 Å². The lowest BCUT2D eigenvalue weighted by Gasteiger charge is -2.09. The van der Waals surface area contributed by atoms with Crippen LogP contribution in [0.25, 0.3) is 0 Å². The topological polar surface area (TPSA) is 66.0 Å². The van der Waals surface area contributed by atoms with E-state index in [1.807, 2.05) is 6.07 Å². The molecule has 0 radical (unpaired) electrons. The maximum atomic E-state index is 11.4. The lowest BCUT2D eigenvalue weighted by Crippen LogP contribution is -2.13. The van der Waals surface area contributed by atoms with Crippen LogP contribution in [0.15, 0.2) is 24.3 Å². The van der Waals surface area contributed by atoms with Crippen LogP contribution in [0.1, 0.15) is 10.4 Å². The highest BCUT2D eigenvalue weighted by atomic mass is 16.5. The Morgan fingerprint density at radius 1 is 1.05 bits per heavy atom. The van der Waals surface area contributed by atoms with Crippen molar-refractivity contribution in [3.05, 3.63) is 29.8 Å². The number of nitrogens with one attached hydrogen (secondary N) is 1. The quantitative estimate of drug-likeness (QED) is 0.494. The van der Waals surface area contributed by atoms with E-state index in [1.54, 1.807) is 25.3 Å². The van der Waals surface area contributed by atoms with Crippen molar-refractivity contribution in [3.8, 4) is 0 Å². The molecule has 0 amide bonds. The van der Waals surface area contributed by atoms with Crippen LogP contribution in [0.5, 0.6) is 0 Å². The first kappa shape index (κ1) is 17.4. The summed E-state index contributed by atoms with van der Waals surface area (Å²) in [5, 5.41) is 3.18. The maximum Gasteiger partial charge on any atom is 0.337 e. The number of esters is 1. The zero-order valence-corrected chi connectivity index (χ0v) is 12.6. The number of ether oxygens (including phenoxy) is 4. The van der Waals surface area contributed by atoms with Crippen LogP contribution < -0.4 is 5.32 Å². The molecule has 0 bridgehead atoms. The Hall–Kier alpha value is -1.63. The fraction of sp³-hybridized carbons (Fsp3) is 0.533. The molecule has 0 unspecified atom stereocenters. The molecule has 21 heavy (non-hydrogen) atoms. The second-order valence-corrected chi connectivity index (χ2v) is 4.22. The van der Waals surface area contributed by atoms with Crippen LogP contribution in [0.3, 0.4) is 0 Å². The smallest absolute Gasteiger partial charge is 0.337 e. The molecule has 6 heteroatoms. The van der Waals surface area contributed by atoms with Crippen LogP contribution in [0.2, 0.25) is 0 Å². The molecule has 0 aliphatic heterocycles. The van der Waals surface area contributed by atoms with Crippen molar-refractivity contribution in [1.82, 2.24) is 0 Å². The molecule has 0 aliphatic carbocycles. The van der Waals surface area contributed by atoms with E-state index in [0.717, 1.165) is 5.69 Å². The first-order chi connectivity index (χ1) is 10.3. The van der Waals surface area contributed by atoms with Crippen LogP contribution >= 0.6 is 0 Å². The summed E-state index contributed by atoms with van der Waals surface area (Å²) in [6, 6.07) is 7.16. The van der Waals surface area contributed by atoms with Gasteiger partial charge in [-0.05, 0) is 18.2 Å². The van der Waals surface area contributed by atoms with E-state index >= 15 is 0 Å². The zero-order valence-electron chi connectivity index (χ0n) is 12.6. The molecular weight excluding hydrogens is 274 g/mol. The number of hydrogen-bond donors (Lipinski definition) is 1. The van der Waals surface area contributed by atoms with Gasteiger partial charge in [0.15, 0.2) is 0 Å². The van der Waals surface area contributed by atoms with E-state index in [0.29, 0.717) is 45.1 Å². The minimum absolute atomic E-state index is 0.344. The summed E-state index contributed by atoms with van der Waals surface area (Å²) >= 11 is 0. The molecule has 0 spiro atoms. The molecule has 0 atom stereocenters. The fourth-order valence-electron chi connectivity index (χ4n) is 1.61. The average molecular weight is 297 g/mol. The lowest BCUT2D eigenvalue weighted by molar-refractivity contribution is 0.0272. The van der Waals surface area contributed by atoms with E-state index in [4.69, 9.17) is 14.2 Å². The van der Waals surface area contributed by atoms with Gasteiger partial charge < -0.3 is 24.3 Å². The van der Waals surface area contributed by atoms with Crippen molar-refractivity contribution in [2.75, 3.05) is 59.1 Å². The van der Waals surface area contributed by atoms with E-state index in [9.17, 15) is 4.79 Å². The second-order valence-electron chi connectivity index (χ2n) is 4.22. The molecule has 0 fully saturated rings.